The standard InChI is InChI=1S/C22H26Cl2N2O3S/c1-15(16-4-7-20(8-5-16)30(2,28)29)25-22(27)17-9-11-26(12-10-17)14-18-3-6-19(23)13-21(18)24/h3-8,13,15,17H,9-12,14H2,1-2H3,(H,25,27). The smallest absolute Gasteiger partial charge is 0.223 e. The Bertz CT molecular complexity index is 1000. The molecule has 0 bridgehead atoms. The van der Waals surface area contributed by atoms with Crippen molar-refractivity contribution < 1.29 is 13.2 Å². The van der Waals surface area contributed by atoms with Crippen LogP contribution in [-0.2, 0) is 21.2 Å². The second-order valence-electron chi connectivity index (χ2n) is 7.86. The van der Waals surface area contributed by atoms with Gasteiger partial charge in [0.2, 0.25) is 5.91 Å². The Balaban J connectivity index is 1.51. The molecule has 0 aromatic heterocycles. The molecule has 0 radical (unpaired) electrons. The number of halogens is 2. The van der Waals surface area contributed by atoms with Gasteiger partial charge < -0.3 is 5.32 Å². The van der Waals surface area contributed by atoms with E-state index in [1.54, 1.807) is 30.3 Å². The van der Waals surface area contributed by atoms with Crippen LogP contribution < -0.4 is 5.32 Å². The molecule has 3 rings (SSSR count). The average Bonchev–Trinajstić information content (AvgIpc) is 2.70. The maximum atomic E-state index is 12.7. The molecule has 1 heterocycles. The molecule has 1 fully saturated rings. The minimum absolute atomic E-state index is 0.0281. The maximum Gasteiger partial charge on any atom is 0.223 e. The Hall–Kier alpha value is -1.60. The number of nitrogens with zero attached hydrogens (tertiary/aromatic N) is 1. The first-order chi connectivity index (χ1) is 14.1. The predicted octanol–water partition coefficient (Wildman–Crippen LogP) is 4.49. The van der Waals surface area contributed by atoms with Crippen LogP contribution in [0.25, 0.3) is 0 Å². The van der Waals surface area contributed by atoms with Crippen molar-refractivity contribution in [2.75, 3.05) is 19.3 Å². The third-order valence-electron chi connectivity index (χ3n) is 5.53. The maximum absolute atomic E-state index is 12.7. The van der Waals surface area contributed by atoms with Crippen LogP contribution in [-0.4, -0.2) is 38.6 Å². The summed E-state index contributed by atoms with van der Waals surface area (Å²) in [6.07, 6.45) is 2.76. The fourth-order valence-corrected chi connectivity index (χ4v) is 4.76. The van der Waals surface area contributed by atoms with Crippen LogP contribution >= 0.6 is 23.2 Å². The molecule has 162 valence electrons. The Morgan fingerprint density at radius 3 is 2.33 bits per heavy atom. The van der Waals surface area contributed by atoms with E-state index in [1.807, 2.05) is 19.1 Å². The van der Waals surface area contributed by atoms with E-state index in [0.29, 0.717) is 10.0 Å². The average molecular weight is 469 g/mol. The van der Waals surface area contributed by atoms with Gasteiger partial charge in [0.25, 0.3) is 0 Å². The van der Waals surface area contributed by atoms with E-state index >= 15 is 0 Å². The predicted molar refractivity (Wildman–Crippen MR) is 121 cm³/mol. The summed E-state index contributed by atoms with van der Waals surface area (Å²) in [5.41, 5.74) is 1.92. The molecule has 8 heteroatoms. The highest BCUT2D eigenvalue weighted by Gasteiger charge is 2.26. The Morgan fingerprint density at radius 1 is 1.13 bits per heavy atom. The highest BCUT2D eigenvalue weighted by Crippen LogP contribution is 2.25. The lowest BCUT2D eigenvalue weighted by Crippen LogP contribution is -2.40. The number of piperidine rings is 1. The minimum atomic E-state index is -3.23. The van der Waals surface area contributed by atoms with Gasteiger partial charge in [-0.25, -0.2) is 8.42 Å². The summed E-state index contributed by atoms with van der Waals surface area (Å²) in [6, 6.07) is 12.0. The van der Waals surface area contributed by atoms with E-state index < -0.39 is 9.84 Å². The molecular weight excluding hydrogens is 443 g/mol. The number of sulfone groups is 1. The number of hydrogen-bond donors (Lipinski definition) is 1. The van der Waals surface area contributed by atoms with Crippen molar-refractivity contribution in [3.05, 3.63) is 63.6 Å². The summed E-state index contributed by atoms with van der Waals surface area (Å²) in [5, 5.41) is 4.35. The van der Waals surface area contributed by atoms with E-state index in [9.17, 15) is 13.2 Å². The summed E-state index contributed by atoms with van der Waals surface area (Å²) in [5.74, 6) is 0.0125. The van der Waals surface area contributed by atoms with Crippen LogP contribution in [0.1, 0.15) is 36.9 Å². The molecule has 1 amide bonds. The van der Waals surface area contributed by atoms with E-state index in [-0.39, 0.29) is 22.8 Å². The minimum Gasteiger partial charge on any atom is -0.349 e. The fourth-order valence-electron chi connectivity index (χ4n) is 3.66. The Kier molecular flexibility index (Phi) is 7.45. The van der Waals surface area contributed by atoms with Crippen molar-refractivity contribution in [2.45, 2.75) is 37.2 Å². The van der Waals surface area contributed by atoms with Crippen LogP contribution in [0.15, 0.2) is 47.4 Å². The number of rotatable bonds is 6. The molecule has 5 nitrogen and oxygen atoms in total. The van der Waals surface area contributed by atoms with Crippen LogP contribution in [0.4, 0.5) is 0 Å². The summed E-state index contributed by atoms with van der Waals surface area (Å²) in [6.45, 7) is 4.31. The first-order valence-electron chi connectivity index (χ1n) is 9.90. The third kappa shape index (κ3) is 5.97. The SMILES string of the molecule is CC(NC(=O)C1CCN(Cc2ccc(Cl)cc2Cl)CC1)c1ccc(S(C)(=O)=O)cc1. The van der Waals surface area contributed by atoms with Gasteiger partial charge in [-0.05, 0) is 68.2 Å². The van der Waals surface area contributed by atoms with Gasteiger partial charge in [-0.3, -0.25) is 9.69 Å². The first kappa shape index (κ1) is 23.1. The van der Waals surface area contributed by atoms with E-state index in [2.05, 4.69) is 10.2 Å². The largest absolute Gasteiger partial charge is 0.349 e. The number of hydrogen-bond acceptors (Lipinski definition) is 4. The van der Waals surface area contributed by atoms with Gasteiger partial charge in [-0.15, -0.1) is 0 Å². The second-order valence-corrected chi connectivity index (χ2v) is 10.7. The monoisotopic (exact) mass is 468 g/mol. The Morgan fingerprint density at radius 2 is 1.77 bits per heavy atom. The molecule has 1 atom stereocenters. The van der Waals surface area contributed by atoms with Crippen LogP contribution in [0, 0.1) is 5.92 Å². The van der Waals surface area contributed by atoms with Gasteiger partial charge in [0.1, 0.15) is 0 Å². The number of carbonyl (C=O) groups is 1. The van der Waals surface area contributed by atoms with Gasteiger partial charge in [0.15, 0.2) is 9.84 Å². The van der Waals surface area contributed by atoms with Crippen molar-refractivity contribution in [3.63, 3.8) is 0 Å². The van der Waals surface area contributed by atoms with Crippen molar-refractivity contribution >= 4 is 38.9 Å². The molecule has 2 aromatic rings. The molecule has 1 aliphatic heterocycles. The molecule has 1 aliphatic rings. The lowest BCUT2D eigenvalue weighted by atomic mass is 9.95. The van der Waals surface area contributed by atoms with Gasteiger partial charge in [-0.1, -0.05) is 41.4 Å². The van der Waals surface area contributed by atoms with Crippen LogP contribution in [0.2, 0.25) is 10.0 Å². The van der Waals surface area contributed by atoms with Crippen molar-refractivity contribution in [3.8, 4) is 0 Å². The molecule has 30 heavy (non-hydrogen) atoms. The zero-order valence-corrected chi connectivity index (χ0v) is 19.4. The second kappa shape index (κ2) is 9.69. The van der Waals surface area contributed by atoms with Gasteiger partial charge >= 0.3 is 0 Å². The fraction of sp³-hybridized carbons (Fsp3) is 0.409. The molecule has 2 aromatic carbocycles. The number of nitrogens with one attached hydrogen (secondary N) is 1. The molecule has 0 aliphatic carbocycles. The zero-order chi connectivity index (χ0) is 21.9. The van der Waals surface area contributed by atoms with Gasteiger partial charge in [-0.2, -0.15) is 0 Å². The van der Waals surface area contributed by atoms with Crippen molar-refractivity contribution in [1.29, 1.82) is 0 Å². The zero-order valence-electron chi connectivity index (χ0n) is 17.1. The normalized spacial score (nSPS) is 16.9. The summed E-state index contributed by atoms with van der Waals surface area (Å²) >= 11 is 12.2. The highest BCUT2D eigenvalue weighted by molar-refractivity contribution is 7.90. The van der Waals surface area contributed by atoms with Crippen LogP contribution in [0.5, 0.6) is 0 Å². The lowest BCUT2D eigenvalue weighted by molar-refractivity contribution is -0.127. The highest BCUT2D eigenvalue weighted by atomic mass is 35.5. The number of amides is 1. The number of carbonyl (C=O) groups excluding carboxylic acids is 1. The molecule has 1 saturated heterocycles. The van der Waals surface area contributed by atoms with Gasteiger partial charge in [0, 0.05) is 28.8 Å². The summed E-state index contributed by atoms with van der Waals surface area (Å²) < 4.78 is 23.2. The first-order valence-corrected chi connectivity index (χ1v) is 12.5. The third-order valence-corrected chi connectivity index (χ3v) is 7.25. The molecule has 1 N–H and O–H groups in total. The summed E-state index contributed by atoms with van der Waals surface area (Å²) in [4.78, 5) is 15.3. The van der Waals surface area contributed by atoms with Gasteiger partial charge in [0.05, 0.1) is 10.9 Å². The quantitative estimate of drug-likeness (QED) is 0.677. The number of likely N-dealkylation sites (tertiary alicyclic amines) is 1. The number of benzene rings is 2. The van der Waals surface area contributed by atoms with E-state index in [0.717, 1.165) is 43.6 Å². The van der Waals surface area contributed by atoms with Crippen molar-refractivity contribution in [1.82, 2.24) is 10.2 Å². The van der Waals surface area contributed by atoms with Crippen LogP contribution in [0.3, 0.4) is 0 Å². The van der Waals surface area contributed by atoms with Crippen molar-refractivity contribution in [2.24, 2.45) is 5.92 Å². The molecule has 0 saturated carbocycles. The topological polar surface area (TPSA) is 66.5 Å². The molecule has 0 spiro atoms. The van der Waals surface area contributed by atoms with E-state index in [1.165, 1.54) is 6.26 Å². The Labute approximate surface area is 188 Å². The lowest BCUT2D eigenvalue weighted by Gasteiger charge is -2.32. The van der Waals surface area contributed by atoms with E-state index in [4.69, 9.17) is 23.2 Å². The summed E-state index contributed by atoms with van der Waals surface area (Å²) in [7, 11) is -3.23. The molecule has 1 unspecified atom stereocenters. The molecular formula is C22H26Cl2N2O3S.